The van der Waals surface area contributed by atoms with Crippen LogP contribution in [0.2, 0.25) is 5.02 Å². The monoisotopic (exact) mass is 248 g/mol. The van der Waals surface area contributed by atoms with Gasteiger partial charge >= 0.3 is 0 Å². The Labute approximate surface area is 85.8 Å². The highest BCUT2D eigenvalue weighted by Gasteiger charge is 2.00. The second kappa shape index (κ2) is 4.73. The van der Waals surface area contributed by atoms with Crippen molar-refractivity contribution in [1.82, 2.24) is 0 Å². The highest BCUT2D eigenvalue weighted by atomic mass is 79.9. The van der Waals surface area contributed by atoms with Crippen LogP contribution in [0.25, 0.3) is 0 Å². The summed E-state index contributed by atoms with van der Waals surface area (Å²) < 4.78 is 6.38. The molecule has 0 heterocycles. The summed E-state index contributed by atoms with van der Waals surface area (Å²) in [7, 11) is 0. The molecule has 0 amide bonds. The molecule has 0 atom stereocenters. The van der Waals surface area contributed by atoms with Crippen molar-refractivity contribution in [1.29, 1.82) is 0 Å². The molecular formula is C9H10BrClO. The molecular weight excluding hydrogens is 239 g/mol. The Hall–Kier alpha value is -0.210. The molecule has 0 bridgehead atoms. The minimum Gasteiger partial charge on any atom is -0.492 e. The first-order valence-electron chi connectivity index (χ1n) is 3.82. The van der Waals surface area contributed by atoms with Crippen molar-refractivity contribution in [2.75, 3.05) is 6.61 Å². The van der Waals surface area contributed by atoms with E-state index in [0.29, 0.717) is 5.02 Å². The predicted octanol–water partition coefficient (Wildman–Crippen LogP) is 3.89. The van der Waals surface area contributed by atoms with Gasteiger partial charge in [-0.15, -0.1) is 0 Å². The first kappa shape index (κ1) is 9.87. The van der Waals surface area contributed by atoms with E-state index in [0.717, 1.165) is 23.2 Å². The van der Waals surface area contributed by atoms with Crippen LogP contribution in [0, 0.1) is 0 Å². The molecule has 0 aliphatic rings. The van der Waals surface area contributed by atoms with Gasteiger partial charge in [0, 0.05) is 5.02 Å². The van der Waals surface area contributed by atoms with Gasteiger partial charge in [0.15, 0.2) is 0 Å². The van der Waals surface area contributed by atoms with E-state index >= 15 is 0 Å². The van der Waals surface area contributed by atoms with Gasteiger partial charge in [-0.3, -0.25) is 0 Å². The Balaban J connectivity index is 2.75. The van der Waals surface area contributed by atoms with E-state index in [1.807, 2.05) is 12.1 Å². The van der Waals surface area contributed by atoms with Gasteiger partial charge in [-0.2, -0.15) is 0 Å². The molecule has 12 heavy (non-hydrogen) atoms. The largest absolute Gasteiger partial charge is 0.492 e. The summed E-state index contributed by atoms with van der Waals surface area (Å²) >= 11 is 9.17. The quantitative estimate of drug-likeness (QED) is 0.790. The maximum atomic E-state index is 5.79. The molecule has 0 spiro atoms. The lowest BCUT2D eigenvalue weighted by atomic mass is 10.3. The zero-order chi connectivity index (χ0) is 8.97. The predicted molar refractivity (Wildman–Crippen MR) is 54.9 cm³/mol. The van der Waals surface area contributed by atoms with Crippen LogP contribution in [0.3, 0.4) is 0 Å². The van der Waals surface area contributed by atoms with Gasteiger partial charge in [0.2, 0.25) is 0 Å². The van der Waals surface area contributed by atoms with Gasteiger partial charge in [-0.1, -0.05) is 18.5 Å². The molecule has 0 fully saturated rings. The summed E-state index contributed by atoms with van der Waals surface area (Å²) in [5, 5.41) is 0.698. The zero-order valence-corrected chi connectivity index (χ0v) is 9.15. The Bertz CT molecular complexity index is 263. The lowest BCUT2D eigenvalue weighted by molar-refractivity contribution is 0.315. The summed E-state index contributed by atoms with van der Waals surface area (Å²) in [5.74, 6) is 0.810. The number of halogens is 2. The fourth-order valence-electron chi connectivity index (χ4n) is 0.800. The number of rotatable bonds is 3. The van der Waals surface area contributed by atoms with E-state index in [-0.39, 0.29) is 0 Å². The van der Waals surface area contributed by atoms with E-state index < -0.39 is 0 Å². The van der Waals surface area contributed by atoms with Crippen molar-refractivity contribution in [2.24, 2.45) is 0 Å². The number of hydrogen-bond donors (Lipinski definition) is 0. The fourth-order valence-corrected chi connectivity index (χ4v) is 1.32. The molecule has 0 saturated heterocycles. The van der Waals surface area contributed by atoms with E-state index in [1.165, 1.54) is 0 Å². The Morgan fingerprint density at radius 3 is 2.92 bits per heavy atom. The fraction of sp³-hybridized carbons (Fsp3) is 0.333. The maximum absolute atomic E-state index is 5.79. The highest BCUT2D eigenvalue weighted by Crippen LogP contribution is 2.27. The first-order valence-corrected chi connectivity index (χ1v) is 4.99. The molecule has 0 unspecified atom stereocenters. The SMILES string of the molecule is CCCOc1cc(Cl)ccc1Br. The Morgan fingerprint density at radius 2 is 2.25 bits per heavy atom. The summed E-state index contributed by atoms with van der Waals surface area (Å²) in [6, 6.07) is 5.51. The van der Waals surface area contributed by atoms with Crippen molar-refractivity contribution in [2.45, 2.75) is 13.3 Å². The van der Waals surface area contributed by atoms with Crippen LogP contribution in [-0.2, 0) is 0 Å². The van der Waals surface area contributed by atoms with Gasteiger partial charge in [0.25, 0.3) is 0 Å². The van der Waals surface area contributed by atoms with Crippen LogP contribution in [-0.4, -0.2) is 6.61 Å². The molecule has 0 N–H and O–H groups in total. The standard InChI is InChI=1S/C9H10BrClO/c1-2-5-12-9-6-7(11)3-4-8(9)10/h3-4,6H,2,5H2,1H3. The molecule has 1 aromatic rings. The molecule has 1 rings (SSSR count). The van der Waals surface area contributed by atoms with Crippen molar-refractivity contribution in [3.8, 4) is 5.75 Å². The van der Waals surface area contributed by atoms with Crippen molar-refractivity contribution < 1.29 is 4.74 Å². The third-order valence-corrected chi connectivity index (χ3v) is 2.25. The van der Waals surface area contributed by atoms with Crippen molar-refractivity contribution in [3.63, 3.8) is 0 Å². The van der Waals surface area contributed by atoms with Crippen LogP contribution in [0.5, 0.6) is 5.75 Å². The average molecular weight is 250 g/mol. The molecule has 0 aromatic heterocycles. The Morgan fingerprint density at radius 1 is 1.50 bits per heavy atom. The Kier molecular flexibility index (Phi) is 3.89. The second-order valence-corrected chi connectivity index (χ2v) is 3.71. The molecule has 3 heteroatoms. The molecule has 66 valence electrons. The van der Waals surface area contributed by atoms with Gasteiger partial charge in [-0.05, 0) is 40.5 Å². The molecule has 1 nitrogen and oxygen atoms in total. The minimum atomic E-state index is 0.698. The van der Waals surface area contributed by atoms with Crippen LogP contribution in [0.4, 0.5) is 0 Å². The van der Waals surface area contributed by atoms with E-state index in [9.17, 15) is 0 Å². The van der Waals surface area contributed by atoms with E-state index in [2.05, 4.69) is 22.9 Å². The highest BCUT2D eigenvalue weighted by molar-refractivity contribution is 9.10. The summed E-state index contributed by atoms with van der Waals surface area (Å²) in [6.07, 6.45) is 0.999. The summed E-state index contributed by atoms with van der Waals surface area (Å²) in [4.78, 5) is 0. The van der Waals surface area contributed by atoms with Gasteiger partial charge in [0.05, 0.1) is 11.1 Å². The topological polar surface area (TPSA) is 9.23 Å². The number of benzene rings is 1. The maximum Gasteiger partial charge on any atom is 0.134 e. The molecule has 1 aromatic carbocycles. The van der Waals surface area contributed by atoms with E-state index in [1.54, 1.807) is 6.07 Å². The van der Waals surface area contributed by atoms with Crippen LogP contribution >= 0.6 is 27.5 Å². The number of ether oxygens (including phenoxy) is 1. The van der Waals surface area contributed by atoms with Gasteiger partial charge in [-0.25, -0.2) is 0 Å². The number of hydrogen-bond acceptors (Lipinski definition) is 1. The molecule has 0 radical (unpaired) electrons. The molecule has 0 saturated carbocycles. The normalized spacial score (nSPS) is 9.92. The lowest BCUT2D eigenvalue weighted by Gasteiger charge is -2.06. The molecule has 0 aliphatic carbocycles. The van der Waals surface area contributed by atoms with Crippen molar-refractivity contribution >= 4 is 27.5 Å². The average Bonchev–Trinajstić information content (AvgIpc) is 2.07. The minimum absolute atomic E-state index is 0.698. The third kappa shape index (κ3) is 2.68. The van der Waals surface area contributed by atoms with Gasteiger partial charge < -0.3 is 4.74 Å². The second-order valence-electron chi connectivity index (χ2n) is 2.42. The third-order valence-electron chi connectivity index (χ3n) is 1.35. The lowest BCUT2D eigenvalue weighted by Crippen LogP contribution is -1.95. The van der Waals surface area contributed by atoms with Crippen LogP contribution in [0.1, 0.15) is 13.3 Å². The smallest absolute Gasteiger partial charge is 0.134 e. The van der Waals surface area contributed by atoms with Crippen LogP contribution < -0.4 is 4.74 Å². The summed E-state index contributed by atoms with van der Waals surface area (Å²) in [6.45, 7) is 2.79. The van der Waals surface area contributed by atoms with Crippen LogP contribution in [0.15, 0.2) is 22.7 Å². The van der Waals surface area contributed by atoms with Crippen molar-refractivity contribution in [3.05, 3.63) is 27.7 Å². The summed E-state index contributed by atoms with van der Waals surface area (Å²) in [5.41, 5.74) is 0. The molecule has 0 aliphatic heterocycles. The zero-order valence-electron chi connectivity index (χ0n) is 6.81. The first-order chi connectivity index (χ1) is 5.74. The van der Waals surface area contributed by atoms with Gasteiger partial charge in [0.1, 0.15) is 5.75 Å². The van der Waals surface area contributed by atoms with E-state index in [4.69, 9.17) is 16.3 Å².